The number of aliphatic hydroxyl groups is 1. The molecule has 0 aromatic carbocycles. The zero-order valence-electron chi connectivity index (χ0n) is 14.5. The first-order chi connectivity index (χ1) is 10.1. The van der Waals surface area contributed by atoms with Crippen LogP contribution in [0.15, 0.2) is 24.3 Å². The van der Waals surface area contributed by atoms with E-state index in [4.69, 9.17) is 0 Å². The van der Waals surface area contributed by atoms with Gasteiger partial charge in [0, 0.05) is 17.8 Å². The van der Waals surface area contributed by atoms with Gasteiger partial charge in [-0.25, -0.2) is 0 Å². The summed E-state index contributed by atoms with van der Waals surface area (Å²) in [7, 11) is 0. The quantitative estimate of drug-likeness (QED) is 0.734. The normalized spacial score (nSPS) is 47.2. The van der Waals surface area contributed by atoms with Crippen molar-refractivity contribution in [2.24, 2.45) is 28.1 Å². The number of carbonyl (C=O) groups excluding carboxylic acids is 1. The predicted molar refractivity (Wildman–Crippen MR) is 89.4 cm³/mol. The summed E-state index contributed by atoms with van der Waals surface area (Å²) in [6.45, 7) is 12.9. The van der Waals surface area contributed by atoms with Crippen molar-refractivity contribution >= 4 is 5.78 Å². The van der Waals surface area contributed by atoms with Gasteiger partial charge in [0.05, 0.1) is 6.10 Å². The van der Waals surface area contributed by atoms with Gasteiger partial charge in [-0.15, -0.1) is 6.58 Å². The molecule has 0 saturated heterocycles. The molecule has 0 amide bonds. The Bertz CT molecular complexity index is 544. The number of hydrogen-bond donors (Lipinski definition) is 1. The Morgan fingerprint density at radius 3 is 2.59 bits per heavy atom. The first kappa shape index (κ1) is 16.0. The molecule has 0 aromatic rings. The maximum Gasteiger partial charge on any atom is 0.159 e. The maximum absolute atomic E-state index is 12.8. The standard InChI is InChI=1S/C20H30O2/c1-6-19(4)11-13-14(21)10-16-18(2,3)8-7-9-20(16,5)17(13)15(22)12-19/h6,11,15-17,22H,1,7-10,12H2,2-5H3. The first-order valence-electron chi connectivity index (χ1n) is 8.71. The van der Waals surface area contributed by atoms with Crippen LogP contribution in [0.3, 0.4) is 0 Å². The van der Waals surface area contributed by atoms with E-state index in [-0.39, 0.29) is 27.9 Å². The molecule has 0 spiro atoms. The number of allylic oxidation sites excluding steroid dienone is 2. The van der Waals surface area contributed by atoms with E-state index in [1.807, 2.05) is 6.08 Å². The average Bonchev–Trinajstić information content (AvgIpc) is 2.40. The van der Waals surface area contributed by atoms with Crippen molar-refractivity contribution in [3.63, 3.8) is 0 Å². The van der Waals surface area contributed by atoms with E-state index >= 15 is 0 Å². The number of Topliss-reactive ketones (excluding diaryl/α,β-unsaturated/α-hetero) is 1. The first-order valence-corrected chi connectivity index (χ1v) is 8.71. The Kier molecular flexibility index (Phi) is 3.49. The number of carbonyl (C=O) groups is 1. The van der Waals surface area contributed by atoms with Gasteiger partial charge in [-0.3, -0.25) is 4.79 Å². The molecule has 0 heterocycles. The highest BCUT2D eigenvalue weighted by atomic mass is 16.3. The number of aliphatic hydroxyl groups excluding tert-OH is 1. The predicted octanol–water partition coefficient (Wildman–Crippen LogP) is 4.29. The van der Waals surface area contributed by atoms with Gasteiger partial charge < -0.3 is 5.11 Å². The van der Waals surface area contributed by atoms with E-state index in [1.54, 1.807) is 0 Å². The van der Waals surface area contributed by atoms with Crippen molar-refractivity contribution in [1.29, 1.82) is 0 Å². The third-order valence-corrected chi connectivity index (χ3v) is 7.02. The van der Waals surface area contributed by atoms with Crippen LogP contribution in [0, 0.1) is 28.1 Å². The molecule has 2 saturated carbocycles. The zero-order valence-corrected chi connectivity index (χ0v) is 14.5. The summed E-state index contributed by atoms with van der Waals surface area (Å²) in [5.41, 5.74) is 0.864. The molecule has 1 N–H and O–H groups in total. The number of rotatable bonds is 1. The van der Waals surface area contributed by atoms with Gasteiger partial charge >= 0.3 is 0 Å². The van der Waals surface area contributed by atoms with E-state index in [9.17, 15) is 9.90 Å². The van der Waals surface area contributed by atoms with E-state index in [0.717, 1.165) is 12.0 Å². The van der Waals surface area contributed by atoms with Crippen LogP contribution >= 0.6 is 0 Å². The molecule has 2 fully saturated rings. The number of fused-ring (bicyclic) bond motifs is 3. The van der Waals surface area contributed by atoms with Crippen LogP contribution in [0.5, 0.6) is 0 Å². The third kappa shape index (κ3) is 2.14. The van der Waals surface area contributed by atoms with E-state index in [1.165, 1.54) is 12.8 Å². The lowest BCUT2D eigenvalue weighted by Crippen LogP contribution is -2.56. The molecule has 3 aliphatic carbocycles. The molecule has 3 rings (SSSR count). The van der Waals surface area contributed by atoms with Gasteiger partial charge in [0.2, 0.25) is 0 Å². The fourth-order valence-corrected chi connectivity index (χ4v) is 5.82. The van der Waals surface area contributed by atoms with Crippen molar-refractivity contribution in [3.8, 4) is 0 Å². The third-order valence-electron chi connectivity index (χ3n) is 7.02. The Hall–Kier alpha value is -0.890. The molecule has 0 aromatic heterocycles. The maximum atomic E-state index is 12.8. The Balaban J connectivity index is 2.11. The van der Waals surface area contributed by atoms with Gasteiger partial charge in [-0.2, -0.15) is 0 Å². The number of hydrogen-bond acceptors (Lipinski definition) is 2. The topological polar surface area (TPSA) is 37.3 Å². The van der Waals surface area contributed by atoms with E-state index < -0.39 is 6.10 Å². The minimum absolute atomic E-state index is 0.00588. The fourth-order valence-electron chi connectivity index (χ4n) is 5.82. The largest absolute Gasteiger partial charge is 0.392 e. The minimum atomic E-state index is -0.436. The second-order valence-electron chi connectivity index (χ2n) is 9.09. The van der Waals surface area contributed by atoms with E-state index in [0.29, 0.717) is 18.8 Å². The molecule has 122 valence electrons. The summed E-state index contributed by atoms with van der Waals surface area (Å²) in [5.74, 6) is 0.645. The zero-order chi connectivity index (χ0) is 16.3. The smallest absolute Gasteiger partial charge is 0.159 e. The molecular formula is C20H30O2. The summed E-state index contributed by atoms with van der Waals surface area (Å²) >= 11 is 0. The summed E-state index contributed by atoms with van der Waals surface area (Å²) in [4.78, 5) is 12.8. The minimum Gasteiger partial charge on any atom is -0.392 e. The molecule has 0 radical (unpaired) electrons. The summed E-state index contributed by atoms with van der Waals surface area (Å²) in [6, 6.07) is 0. The molecule has 0 aliphatic heterocycles. The van der Waals surface area contributed by atoms with Crippen molar-refractivity contribution in [2.75, 3.05) is 0 Å². The fraction of sp³-hybridized carbons (Fsp3) is 0.750. The van der Waals surface area contributed by atoms with Crippen LogP contribution in [-0.2, 0) is 4.79 Å². The molecule has 2 nitrogen and oxygen atoms in total. The lowest BCUT2D eigenvalue weighted by atomic mass is 9.45. The van der Waals surface area contributed by atoms with Crippen LogP contribution in [0.2, 0.25) is 0 Å². The highest BCUT2D eigenvalue weighted by molar-refractivity contribution is 5.97. The Morgan fingerprint density at radius 1 is 1.27 bits per heavy atom. The van der Waals surface area contributed by atoms with Crippen molar-refractivity contribution in [1.82, 2.24) is 0 Å². The van der Waals surface area contributed by atoms with Crippen molar-refractivity contribution < 1.29 is 9.90 Å². The molecule has 0 bridgehead atoms. The Morgan fingerprint density at radius 2 is 1.95 bits per heavy atom. The number of ketones is 1. The summed E-state index contributed by atoms with van der Waals surface area (Å²) in [6.07, 6.45) is 8.39. The molecule has 22 heavy (non-hydrogen) atoms. The van der Waals surface area contributed by atoms with Gasteiger partial charge in [0.25, 0.3) is 0 Å². The Labute approximate surface area is 134 Å². The highest BCUT2D eigenvalue weighted by Gasteiger charge is 2.58. The van der Waals surface area contributed by atoms with Gasteiger partial charge in [0.1, 0.15) is 0 Å². The SMILES string of the molecule is C=CC1(C)C=C2C(=O)CC3C(C)(C)CCCC3(C)C2C(O)C1. The van der Waals surface area contributed by atoms with Crippen LogP contribution < -0.4 is 0 Å². The van der Waals surface area contributed by atoms with Crippen LogP contribution in [0.25, 0.3) is 0 Å². The second-order valence-corrected chi connectivity index (χ2v) is 9.09. The molecule has 5 atom stereocenters. The van der Waals surface area contributed by atoms with Crippen LogP contribution in [0.4, 0.5) is 0 Å². The lowest BCUT2D eigenvalue weighted by Gasteiger charge is -2.59. The molecule has 5 unspecified atom stereocenters. The second kappa shape index (κ2) is 4.80. The lowest BCUT2D eigenvalue weighted by molar-refractivity contribution is -0.139. The summed E-state index contributed by atoms with van der Waals surface area (Å²) < 4.78 is 0. The van der Waals surface area contributed by atoms with E-state index in [2.05, 4.69) is 40.3 Å². The van der Waals surface area contributed by atoms with Crippen molar-refractivity contribution in [2.45, 2.75) is 65.9 Å². The van der Waals surface area contributed by atoms with Crippen LogP contribution in [-0.4, -0.2) is 17.0 Å². The molecule has 3 aliphatic rings. The van der Waals surface area contributed by atoms with Crippen molar-refractivity contribution in [3.05, 3.63) is 24.3 Å². The average molecular weight is 302 g/mol. The molecule has 2 heteroatoms. The van der Waals surface area contributed by atoms with Gasteiger partial charge in [-0.1, -0.05) is 46.3 Å². The highest BCUT2D eigenvalue weighted by Crippen LogP contribution is 2.62. The van der Waals surface area contributed by atoms with Gasteiger partial charge in [-0.05, 0) is 41.6 Å². The molecular weight excluding hydrogens is 272 g/mol. The monoisotopic (exact) mass is 302 g/mol. The summed E-state index contributed by atoms with van der Waals surface area (Å²) in [5, 5.41) is 10.9. The van der Waals surface area contributed by atoms with Gasteiger partial charge in [0.15, 0.2) is 5.78 Å². The van der Waals surface area contributed by atoms with Crippen LogP contribution in [0.1, 0.15) is 59.8 Å².